The van der Waals surface area contributed by atoms with Gasteiger partial charge in [0.25, 0.3) is 5.91 Å². The fourth-order valence-corrected chi connectivity index (χ4v) is 3.63. The summed E-state index contributed by atoms with van der Waals surface area (Å²) in [6.07, 6.45) is 3.28. The first-order chi connectivity index (χ1) is 13.0. The van der Waals surface area contributed by atoms with Crippen molar-refractivity contribution in [3.05, 3.63) is 57.6 Å². The molecule has 1 heterocycles. The number of aromatic nitrogens is 1. The van der Waals surface area contributed by atoms with Crippen molar-refractivity contribution in [3.8, 4) is 5.75 Å². The molecule has 0 aliphatic carbocycles. The van der Waals surface area contributed by atoms with Crippen LogP contribution in [0.2, 0.25) is 0 Å². The van der Waals surface area contributed by atoms with Gasteiger partial charge in [-0.05, 0) is 42.7 Å². The van der Waals surface area contributed by atoms with Crippen molar-refractivity contribution in [3.63, 3.8) is 0 Å². The molecule has 7 nitrogen and oxygen atoms in total. The van der Waals surface area contributed by atoms with Crippen LogP contribution in [0, 0.1) is 10.1 Å². The highest BCUT2D eigenvalue weighted by Crippen LogP contribution is 2.30. The third kappa shape index (κ3) is 4.22. The van der Waals surface area contributed by atoms with Gasteiger partial charge in [-0.3, -0.25) is 20.2 Å². The van der Waals surface area contributed by atoms with Gasteiger partial charge < -0.3 is 4.74 Å². The number of ether oxygens (including phenoxy) is 1. The van der Waals surface area contributed by atoms with E-state index >= 15 is 0 Å². The molecule has 0 bridgehead atoms. The Morgan fingerprint density at radius 1 is 1.30 bits per heavy atom. The van der Waals surface area contributed by atoms with Crippen LogP contribution in [0.1, 0.15) is 35.7 Å². The normalized spacial score (nSPS) is 10.7. The van der Waals surface area contributed by atoms with Gasteiger partial charge in [-0.25, -0.2) is 4.98 Å². The fraction of sp³-hybridized carbons (Fsp3) is 0.263. The maximum atomic E-state index is 12.5. The lowest BCUT2D eigenvalue weighted by Crippen LogP contribution is -2.12. The minimum absolute atomic E-state index is 0.108. The Kier molecular flexibility index (Phi) is 5.66. The predicted octanol–water partition coefficient (Wildman–Crippen LogP) is 4.81. The van der Waals surface area contributed by atoms with Gasteiger partial charge in [-0.1, -0.05) is 30.7 Å². The van der Waals surface area contributed by atoms with Crippen molar-refractivity contribution in [1.82, 2.24) is 4.98 Å². The zero-order valence-corrected chi connectivity index (χ0v) is 15.8. The van der Waals surface area contributed by atoms with Crippen LogP contribution in [0.5, 0.6) is 5.75 Å². The van der Waals surface area contributed by atoms with Crippen molar-refractivity contribution in [2.45, 2.75) is 26.2 Å². The van der Waals surface area contributed by atoms with Gasteiger partial charge in [-0.15, -0.1) is 0 Å². The number of fused-ring (bicyclic) bond motifs is 1. The summed E-state index contributed by atoms with van der Waals surface area (Å²) < 4.78 is 5.95. The van der Waals surface area contributed by atoms with E-state index in [-0.39, 0.29) is 17.0 Å². The third-order valence-electron chi connectivity index (χ3n) is 4.13. The Balaban J connectivity index is 1.81. The zero-order valence-electron chi connectivity index (χ0n) is 15.0. The number of nitrogens with one attached hydrogen (secondary N) is 1. The Labute approximate surface area is 160 Å². The first-order valence-electron chi connectivity index (χ1n) is 8.55. The number of methoxy groups -OCH3 is 1. The molecule has 3 rings (SSSR count). The minimum Gasteiger partial charge on any atom is -0.490 e. The number of rotatable bonds is 7. The number of hydrogen-bond donors (Lipinski definition) is 1. The van der Waals surface area contributed by atoms with E-state index in [1.54, 1.807) is 0 Å². The molecule has 8 heteroatoms. The second kappa shape index (κ2) is 8.13. The maximum Gasteiger partial charge on any atom is 0.311 e. The summed E-state index contributed by atoms with van der Waals surface area (Å²) in [6.45, 7) is 2.16. The number of benzene rings is 2. The minimum atomic E-state index is -0.578. The molecule has 0 saturated carbocycles. The van der Waals surface area contributed by atoms with Crippen molar-refractivity contribution in [1.29, 1.82) is 0 Å². The predicted molar refractivity (Wildman–Crippen MR) is 106 cm³/mol. The molecular weight excluding hydrogens is 366 g/mol. The molecule has 1 N–H and O–H groups in total. The van der Waals surface area contributed by atoms with Crippen LogP contribution >= 0.6 is 11.3 Å². The van der Waals surface area contributed by atoms with E-state index in [0.717, 1.165) is 29.5 Å². The highest BCUT2D eigenvalue weighted by molar-refractivity contribution is 7.22. The first-order valence-corrected chi connectivity index (χ1v) is 9.36. The number of amides is 1. The standard InChI is InChI=1S/C19H19N3O4S/c1-3-4-5-12-6-8-14-17(10-12)27-19(20-14)21-18(23)13-7-9-16(26-2)15(11-13)22(24)25/h6-11H,3-5H2,1-2H3,(H,20,21,23). The van der Waals surface area contributed by atoms with E-state index in [1.165, 1.54) is 42.2 Å². The van der Waals surface area contributed by atoms with Gasteiger partial charge in [0.2, 0.25) is 0 Å². The molecule has 2 aromatic carbocycles. The van der Waals surface area contributed by atoms with Gasteiger partial charge >= 0.3 is 5.69 Å². The zero-order chi connectivity index (χ0) is 19.4. The quantitative estimate of drug-likeness (QED) is 0.465. The number of anilines is 1. The van der Waals surface area contributed by atoms with E-state index in [9.17, 15) is 14.9 Å². The molecule has 0 unspecified atom stereocenters. The molecule has 0 spiro atoms. The second-order valence-electron chi connectivity index (χ2n) is 6.02. The van der Waals surface area contributed by atoms with Gasteiger partial charge in [0.05, 0.1) is 22.2 Å². The van der Waals surface area contributed by atoms with Crippen molar-refractivity contribution >= 4 is 38.3 Å². The first kappa shape index (κ1) is 18.8. The molecular formula is C19H19N3O4S. The molecule has 3 aromatic rings. The van der Waals surface area contributed by atoms with Crippen molar-refractivity contribution < 1.29 is 14.5 Å². The number of nitro groups is 1. The molecule has 27 heavy (non-hydrogen) atoms. The van der Waals surface area contributed by atoms with Crippen LogP contribution in [0.4, 0.5) is 10.8 Å². The molecule has 0 saturated heterocycles. The topological polar surface area (TPSA) is 94.4 Å². The highest BCUT2D eigenvalue weighted by Gasteiger charge is 2.19. The van der Waals surface area contributed by atoms with E-state index < -0.39 is 10.8 Å². The monoisotopic (exact) mass is 385 g/mol. The fourth-order valence-electron chi connectivity index (χ4n) is 2.70. The van der Waals surface area contributed by atoms with Crippen LogP contribution in [0.3, 0.4) is 0 Å². The molecule has 0 atom stereocenters. The summed E-state index contributed by atoms with van der Waals surface area (Å²) in [5, 5.41) is 14.3. The molecule has 0 radical (unpaired) electrons. The summed E-state index contributed by atoms with van der Waals surface area (Å²) in [5.41, 5.74) is 1.98. The van der Waals surface area contributed by atoms with Gasteiger partial charge in [-0.2, -0.15) is 0 Å². The average molecular weight is 385 g/mol. The van der Waals surface area contributed by atoms with E-state index in [1.807, 2.05) is 6.07 Å². The average Bonchev–Trinajstić information content (AvgIpc) is 3.07. The summed E-state index contributed by atoms with van der Waals surface area (Å²) >= 11 is 1.38. The van der Waals surface area contributed by atoms with Gasteiger partial charge in [0.15, 0.2) is 10.9 Å². The molecule has 0 aliphatic heterocycles. The van der Waals surface area contributed by atoms with Crippen molar-refractivity contribution in [2.75, 3.05) is 12.4 Å². The molecule has 0 fully saturated rings. The summed E-state index contributed by atoms with van der Waals surface area (Å²) in [4.78, 5) is 27.4. The van der Waals surface area contributed by atoms with Gasteiger partial charge in [0, 0.05) is 11.6 Å². The number of carbonyl (C=O) groups is 1. The number of thiazole rings is 1. The Morgan fingerprint density at radius 2 is 2.11 bits per heavy atom. The van der Waals surface area contributed by atoms with Crippen LogP contribution in [0.15, 0.2) is 36.4 Å². The number of unbranched alkanes of at least 4 members (excludes halogenated alkanes) is 1. The molecule has 1 aromatic heterocycles. The summed E-state index contributed by atoms with van der Waals surface area (Å²) in [7, 11) is 1.35. The Hall–Kier alpha value is -3.00. The maximum absolute atomic E-state index is 12.5. The second-order valence-corrected chi connectivity index (χ2v) is 7.05. The molecule has 0 aliphatic rings. The SMILES string of the molecule is CCCCc1ccc2nc(NC(=O)c3ccc(OC)c([N+](=O)[O-])c3)sc2c1. The van der Waals surface area contributed by atoms with Crippen LogP contribution < -0.4 is 10.1 Å². The number of hydrogen-bond acceptors (Lipinski definition) is 6. The molecule has 1 amide bonds. The Morgan fingerprint density at radius 3 is 2.81 bits per heavy atom. The van der Waals surface area contributed by atoms with Crippen LogP contribution in [-0.4, -0.2) is 22.9 Å². The van der Waals surface area contributed by atoms with Crippen LogP contribution in [0.25, 0.3) is 10.2 Å². The summed E-state index contributed by atoms with van der Waals surface area (Å²) in [5.74, 6) is -0.345. The summed E-state index contributed by atoms with van der Waals surface area (Å²) in [6, 6.07) is 10.2. The van der Waals surface area contributed by atoms with Crippen molar-refractivity contribution in [2.24, 2.45) is 0 Å². The van der Waals surface area contributed by atoms with E-state index in [0.29, 0.717) is 5.13 Å². The smallest absolute Gasteiger partial charge is 0.311 e. The van der Waals surface area contributed by atoms with Gasteiger partial charge in [0.1, 0.15) is 0 Å². The largest absolute Gasteiger partial charge is 0.490 e. The van der Waals surface area contributed by atoms with E-state index in [2.05, 4.69) is 29.4 Å². The lowest BCUT2D eigenvalue weighted by atomic mass is 10.1. The molecule has 140 valence electrons. The number of nitro benzene ring substituents is 1. The highest BCUT2D eigenvalue weighted by atomic mass is 32.1. The number of nitrogens with zero attached hydrogens (tertiary/aromatic N) is 2. The van der Waals surface area contributed by atoms with Crippen LogP contribution in [-0.2, 0) is 6.42 Å². The number of carbonyl (C=O) groups excluding carboxylic acids is 1. The van der Waals surface area contributed by atoms with E-state index in [4.69, 9.17) is 4.74 Å². The lowest BCUT2D eigenvalue weighted by Gasteiger charge is -2.04. The third-order valence-corrected chi connectivity index (χ3v) is 5.06. The Bertz CT molecular complexity index is 1000. The number of aryl methyl sites for hydroxylation is 1. The lowest BCUT2D eigenvalue weighted by molar-refractivity contribution is -0.385.